The van der Waals surface area contributed by atoms with Crippen molar-refractivity contribution in [2.75, 3.05) is 4.90 Å². The maximum absolute atomic E-state index is 13.1. The van der Waals surface area contributed by atoms with Gasteiger partial charge in [-0.25, -0.2) is 4.79 Å². The number of benzene rings is 2. The van der Waals surface area contributed by atoms with Crippen LogP contribution in [0.4, 0.5) is 10.5 Å². The third kappa shape index (κ3) is 4.28. The van der Waals surface area contributed by atoms with Crippen LogP contribution in [0.25, 0.3) is 5.57 Å². The second-order valence-corrected chi connectivity index (χ2v) is 8.41. The van der Waals surface area contributed by atoms with E-state index in [1.807, 2.05) is 75.4 Å². The van der Waals surface area contributed by atoms with Crippen molar-refractivity contribution in [1.29, 1.82) is 0 Å². The van der Waals surface area contributed by atoms with Crippen LogP contribution in [0.15, 0.2) is 85.1 Å². The molecule has 1 aliphatic heterocycles. The summed E-state index contributed by atoms with van der Waals surface area (Å²) in [5, 5.41) is 0. The number of hydrogen-bond donors (Lipinski definition) is 0. The highest BCUT2D eigenvalue weighted by molar-refractivity contribution is 5.93. The maximum atomic E-state index is 13.1. The smallest absolute Gasteiger partial charge is 0.415 e. The summed E-state index contributed by atoms with van der Waals surface area (Å²) in [4.78, 5) is 19.5. The third-order valence-electron chi connectivity index (χ3n) is 4.99. The van der Waals surface area contributed by atoms with E-state index in [4.69, 9.17) is 4.74 Å². The van der Waals surface area contributed by atoms with Crippen molar-refractivity contribution in [3.8, 4) is 0 Å². The van der Waals surface area contributed by atoms with Crippen LogP contribution in [0.5, 0.6) is 0 Å². The number of para-hydroxylation sites is 1. The number of anilines is 1. The summed E-state index contributed by atoms with van der Waals surface area (Å²) in [7, 11) is 0. The first-order valence-corrected chi connectivity index (χ1v) is 10.2. The van der Waals surface area contributed by atoms with Gasteiger partial charge in [-0.05, 0) is 56.5 Å². The number of fused-ring (bicyclic) bond motifs is 1. The van der Waals surface area contributed by atoms with E-state index in [0.29, 0.717) is 0 Å². The maximum Gasteiger partial charge on any atom is 0.415 e. The zero-order valence-corrected chi connectivity index (χ0v) is 17.6. The number of nitrogens with zero attached hydrogens (tertiary/aromatic N) is 2. The zero-order valence-electron chi connectivity index (χ0n) is 17.6. The lowest BCUT2D eigenvalue weighted by Crippen LogP contribution is -2.40. The van der Waals surface area contributed by atoms with Gasteiger partial charge in [-0.3, -0.25) is 9.88 Å². The van der Waals surface area contributed by atoms with Crippen LogP contribution >= 0.6 is 0 Å². The van der Waals surface area contributed by atoms with Crippen molar-refractivity contribution in [3.63, 3.8) is 0 Å². The molecule has 0 spiro atoms. The van der Waals surface area contributed by atoms with Crippen LogP contribution in [0.2, 0.25) is 0 Å². The molecule has 0 saturated carbocycles. The first-order chi connectivity index (χ1) is 14.4. The van der Waals surface area contributed by atoms with Crippen molar-refractivity contribution in [3.05, 3.63) is 102 Å². The number of hydrogen-bond acceptors (Lipinski definition) is 3. The Labute approximate surface area is 177 Å². The molecule has 0 aliphatic carbocycles. The Hall–Kier alpha value is -3.40. The van der Waals surface area contributed by atoms with Gasteiger partial charge in [0, 0.05) is 11.8 Å². The van der Waals surface area contributed by atoms with E-state index in [0.717, 1.165) is 34.5 Å². The predicted octanol–water partition coefficient (Wildman–Crippen LogP) is 5.88. The van der Waals surface area contributed by atoms with Gasteiger partial charge in [0.1, 0.15) is 5.60 Å². The number of carbonyl (C=O) groups excluding carboxylic acids is 1. The summed E-state index contributed by atoms with van der Waals surface area (Å²) < 4.78 is 5.74. The van der Waals surface area contributed by atoms with Crippen molar-refractivity contribution in [1.82, 2.24) is 4.98 Å². The molecule has 1 amide bonds. The fourth-order valence-electron chi connectivity index (χ4n) is 3.75. The Bertz CT molecular complexity index is 1010. The molecular formula is C26H26N2O2. The molecule has 1 unspecified atom stereocenters. The second-order valence-electron chi connectivity index (χ2n) is 8.41. The lowest BCUT2D eigenvalue weighted by atomic mass is 9.98. The molecule has 1 atom stereocenters. The number of ether oxygens (including phenoxy) is 1. The van der Waals surface area contributed by atoms with Gasteiger partial charge in [-0.2, -0.15) is 0 Å². The van der Waals surface area contributed by atoms with E-state index in [1.165, 1.54) is 0 Å². The monoisotopic (exact) mass is 398 g/mol. The number of aromatic nitrogens is 1. The van der Waals surface area contributed by atoms with Crippen molar-refractivity contribution in [2.45, 2.75) is 38.8 Å². The topological polar surface area (TPSA) is 42.4 Å². The van der Waals surface area contributed by atoms with Gasteiger partial charge in [0.15, 0.2) is 0 Å². The van der Waals surface area contributed by atoms with Gasteiger partial charge in [-0.1, -0.05) is 60.7 Å². The molecule has 2 heterocycles. The highest BCUT2D eigenvalue weighted by Gasteiger charge is 2.35. The van der Waals surface area contributed by atoms with E-state index < -0.39 is 5.60 Å². The van der Waals surface area contributed by atoms with Crippen molar-refractivity contribution >= 4 is 17.4 Å². The van der Waals surface area contributed by atoms with Crippen LogP contribution in [-0.2, 0) is 11.2 Å². The van der Waals surface area contributed by atoms with Gasteiger partial charge in [-0.15, -0.1) is 0 Å². The average Bonchev–Trinajstić information content (AvgIpc) is 3.10. The highest BCUT2D eigenvalue weighted by atomic mass is 16.6. The number of carbonyl (C=O) groups is 1. The van der Waals surface area contributed by atoms with Crippen LogP contribution in [0.1, 0.15) is 37.6 Å². The van der Waals surface area contributed by atoms with Gasteiger partial charge in [0.25, 0.3) is 0 Å². The molecular weight excluding hydrogens is 372 g/mol. The molecule has 4 rings (SSSR count). The Morgan fingerprint density at radius 1 is 1.00 bits per heavy atom. The molecule has 4 nitrogen and oxygen atoms in total. The molecule has 0 saturated heterocycles. The molecule has 1 aliphatic rings. The van der Waals surface area contributed by atoms with Gasteiger partial charge >= 0.3 is 6.09 Å². The van der Waals surface area contributed by atoms with E-state index in [9.17, 15) is 4.79 Å². The molecule has 0 bridgehead atoms. The first-order valence-electron chi connectivity index (χ1n) is 10.2. The lowest BCUT2D eigenvalue weighted by molar-refractivity contribution is 0.0576. The minimum atomic E-state index is -0.563. The number of amides is 1. The molecule has 152 valence electrons. The highest BCUT2D eigenvalue weighted by Crippen LogP contribution is 2.36. The summed E-state index contributed by atoms with van der Waals surface area (Å²) in [6, 6.07) is 23.9. The molecule has 4 heteroatoms. The molecule has 3 aromatic rings. The van der Waals surface area contributed by atoms with E-state index in [1.54, 1.807) is 11.1 Å². The molecule has 0 fully saturated rings. The third-order valence-corrected chi connectivity index (χ3v) is 4.99. The summed E-state index contributed by atoms with van der Waals surface area (Å²) >= 11 is 0. The van der Waals surface area contributed by atoms with Crippen LogP contribution in [0.3, 0.4) is 0 Å². The molecule has 1 aromatic heterocycles. The van der Waals surface area contributed by atoms with E-state index >= 15 is 0 Å². The first kappa shape index (κ1) is 19.9. The van der Waals surface area contributed by atoms with E-state index in [-0.39, 0.29) is 12.1 Å². The normalized spacial score (nSPS) is 16.3. The number of rotatable bonds is 3. The minimum absolute atomic E-state index is 0.158. The molecule has 2 aromatic carbocycles. The Morgan fingerprint density at radius 2 is 1.70 bits per heavy atom. The molecule has 0 radical (unpaired) electrons. The second kappa shape index (κ2) is 8.15. The average molecular weight is 399 g/mol. The summed E-state index contributed by atoms with van der Waals surface area (Å²) in [5.74, 6) is 0. The van der Waals surface area contributed by atoms with Gasteiger partial charge in [0.05, 0.1) is 17.4 Å². The largest absolute Gasteiger partial charge is 0.443 e. The Morgan fingerprint density at radius 3 is 2.40 bits per heavy atom. The Balaban J connectivity index is 1.79. The predicted molar refractivity (Wildman–Crippen MR) is 120 cm³/mol. The fourth-order valence-corrected chi connectivity index (χ4v) is 3.75. The van der Waals surface area contributed by atoms with Crippen LogP contribution in [-0.4, -0.2) is 22.7 Å². The van der Waals surface area contributed by atoms with Crippen molar-refractivity contribution < 1.29 is 9.53 Å². The summed E-state index contributed by atoms with van der Waals surface area (Å²) in [5.41, 5.74) is 4.42. The Kier molecular flexibility index (Phi) is 5.40. The van der Waals surface area contributed by atoms with Crippen LogP contribution < -0.4 is 4.90 Å². The van der Waals surface area contributed by atoms with E-state index in [2.05, 4.69) is 29.3 Å². The van der Waals surface area contributed by atoms with Gasteiger partial charge in [0.2, 0.25) is 0 Å². The lowest BCUT2D eigenvalue weighted by Gasteiger charge is -2.28. The summed E-state index contributed by atoms with van der Waals surface area (Å²) in [6.45, 7) is 5.67. The number of pyridine rings is 1. The molecule has 0 N–H and O–H groups in total. The van der Waals surface area contributed by atoms with Crippen molar-refractivity contribution in [2.24, 2.45) is 0 Å². The van der Waals surface area contributed by atoms with Crippen LogP contribution in [0, 0.1) is 0 Å². The minimum Gasteiger partial charge on any atom is -0.443 e. The zero-order chi connectivity index (χ0) is 21.1. The molecule has 30 heavy (non-hydrogen) atoms. The quantitative estimate of drug-likeness (QED) is 0.553. The van der Waals surface area contributed by atoms with Gasteiger partial charge < -0.3 is 4.74 Å². The standard InChI is InChI=1S/C26H26N2O2/c1-26(2,3)30-25(29)28-21(17-20-13-7-8-15-24(20)28)18-22(19-11-5-4-6-12-19)23-14-9-10-16-27-23/h4-16,18,21H,17H2,1-3H3. The SMILES string of the molecule is CC(C)(C)OC(=O)N1c2ccccc2CC1C=C(c1ccccc1)c1ccccn1. The fraction of sp³-hybridized carbons (Fsp3) is 0.231. The summed E-state index contributed by atoms with van der Waals surface area (Å²) in [6.07, 6.45) is 4.34.